The van der Waals surface area contributed by atoms with Crippen molar-refractivity contribution in [2.75, 3.05) is 19.7 Å². The summed E-state index contributed by atoms with van der Waals surface area (Å²) in [5.41, 5.74) is -0.868. The van der Waals surface area contributed by atoms with Crippen molar-refractivity contribution in [3.8, 4) is 5.75 Å². The molecule has 1 aliphatic rings. The molecule has 2 amide bonds. The largest absolute Gasteiger partial charge is 0.490 e. The summed E-state index contributed by atoms with van der Waals surface area (Å²) in [7, 11) is 0. The van der Waals surface area contributed by atoms with E-state index in [0.717, 1.165) is 0 Å². The molecule has 0 bridgehead atoms. The van der Waals surface area contributed by atoms with Crippen LogP contribution in [0.2, 0.25) is 0 Å². The second kappa shape index (κ2) is 6.11. The number of para-hydroxylation sites is 1. The van der Waals surface area contributed by atoms with Gasteiger partial charge in [-0.05, 0) is 26.0 Å². The van der Waals surface area contributed by atoms with Crippen LogP contribution >= 0.6 is 0 Å². The van der Waals surface area contributed by atoms with E-state index in [4.69, 9.17) is 4.74 Å². The number of benzene rings is 1. The van der Waals surface area contributed by atoms with Gasteiger partial charge in [-0.1, -0.05) is 12.1 Å². The van der Waals surface area contributed by atoms with Gasteiger partial charge in [0.05, 0.1) is 13.0 Å². The van der Waals surface area contributed by atoms with Crippen molar-refractivity contribution in [3.05, 3.63) is 30.1 Å². The van der Waals surface area contributed by atoms with Crippen LogP contribution < -0.4 is 10.1 Å². The van der Waals surface area contributed by atoms with Gasteiger partial charge in [0, 0.05) is 13.1 Å². The van der Waals surface area contributed by atoms with Gasteiger partial charge < -0.3 is 15.0 Å². The number of carbonyl (C=O) groups excluding carboxylic acids is 2. The standard InChI is InChI=1S/C15H19FN2O3/c1-15(2)14(20)17-8-9-18(15)13(19)7-10-21-12-6-4-3-5-11(12)16/h3-6H,7-10H2,1-2H3,(H,17,20). The molecule has 1 saturated heterocycles. The maximum Gasteiger partial charge on any atom is 0.245 e. The van der Waals surface area contributed by atoms with Gasteiger partial charge in [0.2, 0.25) is 11.8 Å². The fourth-order valence-electron chi connectivity index (χ4n) is 2.28. The zero-order valence-electron chi connectivity index (χ0n) is 12.2. The molecule has 1 fully saturated rings. The van der Waals surface area contributed by atoms with Gasteiger partial charge in [0.15, 0.2) is 11.6 Å². The monoisotopic (exact) mass is 294 g/mol. The fourth-order valence-corrected chi connectivity index (χ4v) is 2.28. The highest BCUT2D eigenvalue weighted by Gasteiger charge is 2.39. The summed E-state index contributed by atoms with van der Waals surface area (Å²) < 4.78 is 18.6. The second-order valence-corrected chi connectivity index (χ2v) is 5.39. The molecule has 1 aliphatic heterocycles. The van der Waals surface area contributed by atoms with E-state index < -0.39 is 11.4 Å². The SMILES string of the molecule is CC1(C)C(=O)NCCN1C(=O)CCOc1ccccc1F. The number of nitrogens with one attached hydrogen (secondary N) is 1. The zero-order valence-corrected chi connectivity index (χ0v) is 12.2. The summed E-state index contributed by atoms with van der Waals surface area (Å²) in [5.74, 6) is -0.674. The third-order valence-corrected chi connectivity index (χ3v) is 3.56. The minimum absolute atomic E-state index is 0.0773. The number of ether oxygens (including phenoxy) is 1. The van der Waals surface area contributed by atoms with Gasteiger partial charge in [-0.2, -0.15) is 0 Å². The Kier molecular flexibility index (Phi) is 4.45. The molecular weight excluding hydrogens is 275 g/mol. The molecule has 1 aromatic rings. The number of nitrogens with zero attached hydrogens (tertiary/aromatic N) is 1. The molecule has 0 aliphatic carbocycles. The Morgan fingerprint density at radius 3 is 2.86 bits per heavy atom. The Labute approximate surface area is 123 Å². The molecule has 0 atom stereocenters. The Morgan fingerprint density at radius 2 is 2.14 bits per heavy atom. The lowest BCUT2D eigenvalue weighted by molar-refractivity contribution is -0.149. The van der Waals surface area contributed by atoms with E-state index in [1.807, 2.05) is 0 Å². The van der Waals surface area contributed by atoms with Gasteiger partial charge in [-0.25, -0.2) is 4.39 Å². The summed E-state index contributed by atoms with van der Waals surface area (Å²) in [4.78, 5) is 25.5. The third-order valence-electron chi connectivity index (χ3n) is 3.56. The molecule has 1 N–H and O–H groups in total. The van der Waals surface area contributed by atoms with Gasteiger partial charge >= 0.3 is 0 Å². The predicted molar refractivity (Wildman–Crippen MR) is 75.3 cm³/mol. The third kappa shape index (κ3) is 3.32. The van der Waals surface area contributed by atoms with E-state index in [-0.39, 0.29) is 30.6 Å². The summed E-state index contributed by atoms with van der Waals surface area (Å²) in [6.07, 6.45) is 0.102. The molecule has 0 radical (unpaired) electrons. The number of hydrogen-bond acceptors (Lipinski definition) is 3. The van der Waals surface area contributed by atoms with E-state index in [2.05, 4.69) is 5.32 Å². The first-order valence-electron chi connectivity index (χ1n) is 6.89. The van der Waals surface area contributed by atoms with E-state index in [9.17, 15) is 14.0 Å². The molecule has 5 nitrogen and oxygen atoms in total. The number of rotatable bonds is 4. The summed E-state index contributed by atoms with van der Waals surface area (Å²) in [6.45, 7) is 4.40. The summed E-state index contributed by atoms with van der Waals surface area (Å²) in [6, 6.07) is 6.05. The normalized spacial score (nSPS) is 17.3. The highest BCUT2D eigenvalue weighted by atomic mass is 19.1. The lowest BCUT2D eigenvalue weighted by Crippen LogP contribution is -2.63. The highest BCUT2D eigenvalue weighted by molar-refractivity contribution is 5.91. The van der Waals surface area contributed by atoms with Crippen LogP contribution in [0.4, 0.5) is 4.39 Å². The van der Waals surface area contributed by atoms with Crippen molar-refractivity contribution in [1.29, 1.82) is 0 Å². The van der Waals surface area contributed by atoms with Crippen LogP contribution in [0.3, 0.4) is 0 Å². The smallest absolute Gasteiger partial charge is 0.245 e. The van der Waals surface area contributed by atoms with Gasteiger partial charge in [0.1, 0.15) is 5.54 Å². The first-order valence-corrected chi connectivity index (χ1v) is 6.89. The van der Waals surface area contributed by atoms with E-state index in [0.29, 0.717) is 13.1 Å². The van der Waals surface area contributed by atoms with E-state index >= 15 is 0 Å². The fraction of sp³-hybridized carbons (Fsp3) is 0.467. The van der Waals surface area contributed by atoms with Crippen LogP contribution in [0.1, 0.15) is 20.3 Å². The lowest BCUT2D eigenvalue weighted by atomic mass is 9.98. The number of hydrogen-bond donors (Lipinski definition) is 1. The number of amides is 2. The van der Waals surface area contributed by atoms with Crippen molar-refractivity contribution in [2.24, 2.45) is 0 Å². The van der Waals surface area contributed by atoms with Crippen LogP contribution in [-0.2, 0) is 9.59 Å². The lowest BCUT2D eigenvalue weighted by Gasteiger charge is -2.41. The molecule has 21 heavy (non-hydrogen) atoms. The molecule has 0 unspecified atom stereocenters. The molecular formula is C15H19FN2O3. The van der Waals surface area contributed by atoms with E-state index in [1.54, 1.807) is 26.0 Å². The van der Waals surface area contributed by atoms with Crippen LogP contribution in [-0.4, -0.2) is 41.9 Å². The molecule has 1 heterocycles. The highest BCUT2D eigenvalue weighted by Crippen LogP contribution is 2.19. The molecule has 2 rings (SSSR count). The average Bonchev–Trinajstić information content (AvgIpc) is 2.43. The van der Waals surface area contributed by atoms with Gasteiger partial charge in [-0.3, -0.25) is 9.59 Å². The maximum atomic E-state index is 13.4. The molecule has 0 aromatic heterocycles. The van der Waals surface area contributed by atoms with Gasteiger partial charge in [0.25, 0.3) is 0 Å². The topological polar surface area (TPSA) is 58.6 Å². The molecule has 0 spiro atoms. The van der Waals surface area contributed by atoms with Gasteiger partial charge in [-0.15, -0.1) is 0 Å². The Bertz CT molecular complexity index is 545. The maximum absolute atomic E-state index is 13.4. The van der Waals surface area contributed by atoms with Crippen LogP contribution in [0.5, 0.6) is 5.75 Å². The summed E-state index contributed by atoms with van der Waals surface area (Å²) in [5, 5.41) is 2.73. The van der Waals surface area contributed by atoms with Crippen molar-refractivity contribution >= 4 is 11.8 Å². The number of piperazine rings is 1. The van der Waals surface area contributed by atoms with Crippen molar-refractivity contribution in [1.82, 2.24) is 10.2 Å². The first-order chi connectivity index (χ1) is 9.93. The van der Waals surface area contributed by atoms with Crippen molar-refractivity contribution in [2.45, 2.75) is 25.8 Å². The Morgan fingerprint density at radius 1 is 1.43 bits per heavy atom. The Hall–Kier alpha value is -2.11. The molecule has 6 heteroatoms. The molecule has 1 aromatic carbocycles. The predicted octanol–water partition coefficient (Wildman–Crippen LogP) is 1.33. The number of carbonyl (C=O) groups is 2. The average molecular weight is 294 g/mol. The minimum Gasteiger partial charge on any atom is -0.490 e. The molecule has 114 valence electrons. The van der Waals surface area contributed by atoms with Crippen LogP contribution in [0, 0.1) is 5.82 Å². The van der Waals surface area contributed by atoms with Crippen LogP contribution in [0.25, 0.3) is 0 Å². The number of halogens is 1. The molecule has 0 saturated carbocycles. The van der Waals surface area contributed by atoms with Crippen molar-refractivity contribution < 1.29 is 18.7 Å². The quantitative estimate of drug-likeness (QED) is 0.911. The van der Waals surface area contributed by atoms with E-state index in [1.165, 1.54) is 17.0 Å². The van der Waals surface area contributed by atoms with Crippen LogP contribution in [0.15, 0.2) is 24.3 Å². The second-order valence-electron chi connectivity index (χ2n) is 5.39. The summed E-state index contributed by atoms with van der Waals surface area (Å²) >= 11 is 0. The Balaban J connectivity index is 1.90. The zero-order chi connectivity index (χ0) is 15.5. The van der Waals surface area contributed by atoms with Crippen molar-refractivity contribution in [3.63, 3.8) is 0 Å². The first kappa shape index (κ1) is 15.3. The minimum atomic E-state index is -0.868.